The molecule has 1 aromatic heterocycles. The van der Waals surface area contributed by atoms with Crippen LogP contribution in [0.15, 0.2) is 53.3 Å². The molecule has 0 unspecified atom stereocenters. The van der Waals surface area contributed by atoms with Crippen LogP contribution in [0.5, 0.6) is 5.75 Å². The lowest BCUT2D eigenvalue weighted by atomic mass is 10.1. The van der Waals surface area contributed by atoms with Gasteiger partial charge < -0.3 is 15.0 Å². The van der Waals surface area contributed by atoms with Gasteiger partial charge in [-0.1, -0.05) is 36.4 Å². The number of H-pyrrole nitrogens is 1. The second kappa shape index (κ2) is 6.67. The number of aryl methyl sites for hydroxylation is 1. The molecule has 0 saturated heterocycles. The van der Waals surface area contributed by atoms with E-state index in [1.807, 2.05) is 55.5 Å². The van der Waals surface area contributed by atoms with Gasteiger partial charge in [0.15, 0.2) is 0 Å². The molecule has 0 bridgehead atoms. The summed E-state index contributed by atoms with van der Waals surface area (Å²) < 4.78 is 5.33. The average molecular weight is 308 g/mol. The van der Waals surface area contributed by atoms with E-state index in [0.29, 0.717) is 13.1 Å². The summed E-state index contributed by atoms with van der Waals surface area (Å²) in [4.78, 5) is 15.2. The molecule has 0 saturated carbocycles. The number of rotatable bonds is 5. The fourth-order valence-electron chi connectivity index (χ4n) is 2.74. The van der Waals surface area contributed by atoms with E-state index in [-0.39, 0.29) is 5.56 Å². The monoisotopic (exact) mass is 308 g/mol. The first-order chi connectivity index (χ1) is 11.2. The van der Waals surface area contributed by atoms with Gasteiger partial charge in [-0.3, -0.25) is 4.79 Å². The summed E-state index contributed by atoms with van der Waals surface area (Å²) >= 11 is 0. The second-order valence-corrected chi connectivity index (χ2v) is 5.58. The quantitative estimate of drug-likeness (QED) is 0.761. The van der Waals surface area contributed by atoms with E-state index in [1.165, 1.54) is 0 Å². The summed E-state index contributed by atoms with van der Waals surface area (Å²) in [6, 6.07) is 15.8. The number of pyridine rings is 1. The molecule has 3 aromatic rings. The lowest BCUT2D eigenvalue weighted by Crippen LogP contribution is -2.21. The number of methoxy groups -OCH3 is 1. The van der Waals surface area contributed by atoms with Crippen molar-refractivity contribution in [3.8, 4) is 5.75 Å². The molecule has 23 heavy (non-hydrogen) atoms. The molecular weight excluding hydrogens is 288 g/mol. The van der Waals surface area contributed by atoms with Gasteiger partial charge >= 0.3 is 0 Å². The van der Waals surface area contributed by atoms with Gasteiger partial charge in [-0.05, 0) is 30.0 Å². The van der Waals surface area contributed by atoms with E-state index in [2.05, 4.69) is 10.3 Å². The molecule has 2 N–H and O–H groups in total. The highest BCUT2D eigenvalue weighted by Gasteiger charge is 2.06. The molecule has 2 aromatic carbocycles. The first kappa shape index (κ1) is 15.3. The van der Waals surface area contributed by atoms with E-state index in [4.69, 9.17) is 4.74 Å². The molecule has 0 radical (unpaired) electrons. The van der Waals surface area contributed by atoms with E-state index in [1.54, 1.807) is 7.11 Å². The van der Waals surface area contributed by atoms with Crippen LogP contribution in [0.25, 0.3) is 10.9 Å². The summed E-state index contributed by atoms with van der Waals surface area (Å²) in [5.74, 6) is 0.850. The van der Waals surface area contributed by atoms with Gasteiger partial charge in [0.1, 0.15) is 5.75 Å². The molecule has 4 heteroatoms. The Morgan fingerprint density at radius 1 is 1.04 bits per heavy atom. The van der Waals surface area contributed by atoms with Crippen molar-refractivity contribution in [2.24, 2.45) is 0 Å². The Bertz CT molecular complexity index is 884. The molecule has 1 heterocycles. The highest BCUT2D eigenvalue weighted by molar-refractivity contribution is 5.81. The van der Waals surface area contributed by atoms with Gasteiger partial charge in [-0.2, -0.15) is 0 Å². The molecule has 0 aliphatic carbocycles. The van der Waals surface area contributed by atoms with E-state index < -0.39 is 0 Å². The number of fused-ring (bicyclic) bond motifs is 1. The predicted octanol–water partition coefficient (Wildman–Crippen LogP) is 3.13. The van der Waals surface area contributed by atoms with Crippen molar-refractivity contribution in [3.63, 3.8) is 0 Å². The van der Waals surface area contributed by atoms with Crippen LogP contribution in [0.4, 0.5) is 0 Å². The van der Waals surface area contributed by atoms with E-state index >= 15 is 0 Å². The molecule has 0 aliphatic rings. The first-order valence-corrected chi connectivity index (χ1v) is 7.63. The van der Waals surface area contributed by atoms with Crippen LogP contribution < -0.4 is 15.6 Å². The number of hydrogen-bond acceptors (Lipinski definition) is 3. The fraction of sp³-hybridized carbons (Fsp3) is 0.211. The van der Waals surface area contributed by atoms with Crippen LogP contribution in [-0.2, 0) is 13.1 Å². The third-order valence-electron chi connectivity index (χ3n) is 3.99. The van der Waals surface area contributed by atoms with Crippen molar-refractivity contribution < 1.29 is 4.74 Å². The molecule has 0 amide bonds. The minimum absolute atomic E-state index is 0.0423. The minimum atomic E-state index is -0.0423. The lowest BCUT2D eigenvalue weighted by Gasteiger charge is -2.10. The number of hydrogen-bond donors (Lipinski definition) is 2. The van der Waals surface area contributed by atoms with Crippen LogP contribution >= 0.6 is 0 Å². The Morgan fingerprint density at radius 2 is 1.83 bits per heavy atom. The standard InChI is InChI=1S/C19H20N2O2/c1-13-6-5-8-14-10-16(19(22)21-18(13)14)12-20-11-15-7-3-4-9-17(15)23-2/h3-10,20H,11-12H2,1-2H3,(H,21,22). The maximum Gasteiger partial charge on any atom is 0.252 e. The highest BCUT2D eigenvalue weighted by atomic mass is 16.5. The summed E-state index contributed by atoms with van der Waals surface area (Å²) in [5.41, 5.74) is 3.75. The number of aromatic amines is 1. The van der Waals surface area contributed by atoms with Gasteiger partial charge in [-0.25, -0.2) is 0 Å². The zero-order valence-corrected chi connectivity index (χ0v) is 13.3. The fourth-order valence-corrected chi connectivity index (χ4v) is 2.74. The maximum atomic E-state index is 12.2. The predicted molar refractivity (Wildman–Crippen MR) is 92.8 cm³/mol. The van der Waals surface area contributed by atoms with Gasteiger partial charge in [-0.15, -0.1) is 0 Å². The van der Waals surface area contributed by atoms with E-state index in [0.717, 1.165) is 33.3 Å². The molecule has 0 spiro atoms. The summed E-state index contributed by atoms with van der Waals surface area (Å²) in [5, 5.41) is 4.37. The smallest absolute Gasteiger partial charge is 0.252 e. The van der Waals surface area contributed by atoms with Gasteiger partial charge in [0.25, 0.3) is 5.56 Å². The number of para-hydroxylation sites is 2. The van der Waals surface area contributed by atoms with Crippen molar-refractivity contribution in [2.45, 2.75) is 20.0 Å². The lowest BCUT2D eigenvalue weighted by molar-refractivity contribution is 0.407. The number of aromatic nitrogens is 1. The van der Waals surface area contributed by atoms with Crippen molar-refractivity contribution in [1.29, 1.82) is 0 Å². The SMILES string of the molecule is COc1ccccc1CNCc1cc2cccc(C)c2[nH]c1=O. The third-order valence-corrected chi connectivity index (χ3v) is 3.99. The molecule has 0 fully saturated rings. The first-order valence-electron chi connectivity index (χ1n) is 7.63. The Labute approximate surface area is 135 Å². The molecular formula is C19H20N2O2. The maximum absolute atomic E-state index is 12.2. The molecule has 3 rings (SSSR count). The minimum Gasteiger partial charge on any atom is -0.496 e. The topological polar surface area (TPSA) is 54.1 Å². The Balaban J connectivity index is 1.77. The van der Waals surface area contributed by atoms with Gasteiger partial charge in [0.05, 0.1) is 12.6 Å². The normalized spacial score (nSPS) is 10.9. The summed E-state index contributed by atoms with van der Waals surface area (Å²) in [7, 11) is 1.66. The number of nitrogens with one attached hydrogen (secondary N) is 2. The largest absolute Gasteiger partial charge is 0.496 e. The third kappa shape index (κ3) is 3.27. The van der Waals surface area contributed by atoms with Gasteiger partial charge in [0.2, 0.25) is 0 Å². The Hall–Kier alpha value is -2.59. The zero-order valence-electron chi connectivity index (χ0n) is 13.3. The van der Waals surface area contributed by atoms with Crippen LogP contribution in [0.1, 0.15) is 16.7 Å². The molecule has 0 atom stereocenters. The Kier molecular flexibility index (Phi) is 4.44. The molecule has 4 nitrogen and oxygen atoms in total. The molecule has 0 aliphatic heterocycles. The van der Waals surface area contributed by atoms with Crippen molar-refractivity contribution >= 4 is 10.9 Å². The van der Waals surface area contributed by atoms with Crippen LogP contribution in [-0.4, -0.2) is 12.1 Å². The Morgan fingerprint density at radius 3 is 2.65 bits per heavy atom. The van der Waals surface area contributed by atoms with Crippen molar-refractivity contribution in [2.75, 3.05) is 7.11 Å². The van der Waals surface area contributed by atoms with E-state index in [9.17, 15) is 4.79 Å². The average Bonchev–Trinajstić information content (AvgIpc) is 2.57. The van der Waals surface area contributed by atoms with Crippen LogP contribution in [0.2, 0.25) is 0 Å². The summed E-state index contributed by atoms with van der Waals surface area (Å²) in [6.07, 6.45) is 0. The number of benzene rings is 2. The van der Waals surface area contributed by atoms with Crippen LogP contribution in [0, 0.1) is 6.92 Å². The van der Waals surface area contributed by atoms with Crippen molar-refractivity contribution in [1.82, 2.24) is 10.3 Å². The van der Waals surface area contributed by atoms with Gasteiger partial charge in [0, 0.05) is 24.2 Å². The number of ether oxygens (including phenoxy) is 1. The molecule has 118 valence electrons. The highest BCUT2D eigenvalue weighted by Crippen LogP contribution is 2.17. The zero-order chi connectivity index (χ0) is 16.2. The van der Waals surface area contributed by atoms with Crippen molar-refractivity contribution in [3.05, 3.63) is 75.6 Å². The van der Waals surface area contributed by atoms with Crippen LogP contribution in [0.3, 0.4) is 0 Å². The second-order valence-electron chi connectivity index (χ2n) is 5.58. The summed E-state index contributed by atoms with van der Waals surface area (Å²) in [6.45, 7) is 3.16.